The van der Waals surface area contributed by atoms with Crippen LogP contribution in [-0.2, 0) is 9.84 Å². The Kier molecular flexibility index (Phi) is 5.68. The highest BCUT2D eigenvalue weighted by molar-refractivity contribution is 7.90. The lowest BCUT2D eigenvalue weighted by Gasteiger charge is -2.17. The summed E-state index contributed by atoms with van der Waals surface area (Å²) in [6, 6.07) is 1.38. The number of halogens is 1. The second-order valence-corrected chi connectivity index (χ2v) is 6.58. The summed E-state index contributed by atoms with van der Waals surface area (Å²) in [4.78, 5) is 3.81. The first-order valence-corrected chi connectivity index (χ1v) is 8.00. The first-order chi connectivity index (χ1) is 8.42. The molecule has 0 aliphatic heterocycles. The Morgan fingerprint density at radius 3 is 2.72 bits per heavy atom. The molecule has 0 radical (unpaired) electrons. The van der Waals surface area contributed by atoms with Crippen molar-refractivity contribution in [3.05, 3.63) is 29.8 Å². The van der Waals surface area contributed by atoms with Crippen LogP contribution in [-0.4, -0.2) is 32.0 Å². The van der Waals surface area contributed by atoms with Crippen LogP contribution in [0.2, 0.25) is 0 Å². The number of aromatic nitrogens is 1. The van der Waals surface area contributed by atoms with E-state index < -0.39 is 9.84 Å². The molecule has 6 heteroatoms. The lowest BCUT2D eigenvalue weighted by Crippen LogP contribution is -2.22. The van der Waals surface area contributed by atoms with Crippen LogP contribution < -0.4 is 5.32 Å². The summed E-state index contributed by atoms with van der Waals surface area (Å²) < 4.78 is 35.2. The summed E-state index contributed by atoms with van der Waals surface area (Å²) in [5, 5.41) is 3.21. The summed E-state index contributed by atoms with van der Waals surface area (Å²) in [6.07, 6.45) is 5.18. The van der Waals surface area contributed by atoms with Gasteiger partial charge in [-0.2, -0.15) is 0 Å². The molecule has 18 heavy (non-hydrogen) atoms. The van der Waals surface area contributed by atoms with Crippen LogP contribution in [0.3, 0.4) is 0 Å². The number of nitrogens with one attached hydrogen (secondary N) is 1. The van der Waals surface area contributed by atoms with Gasteiger partial charge in [0.25, 0.3) is 0 Å². The number of pyridine rings is 1. The van der Waals surface area contributed by atoms with Crippen molar-refractivity contribution in [2.24, 2.45) is 0 Å². The van der Waals surface area contributed by atoms with Gasteiger partial charge in [-0.15, -0.1) is 0 Å². The van der Waals surface area contributed by atoms with Gasteiger partial charge in [0, 0.05) is 24.2 Å². The fourth-order valence-electron chi connectivity index (χ4n) is 1.80. The minimum Gasteiger partial charge on any atom is -0.310 e. The fraction of sp³-hybridized carbons (Fsp3) is 0.583. The average Bonchev–Trinajstić information content (AvgIpc) is 2.26. The smallest absolute Gasteiger partial charge is 0.147 e. The van der Waals surface area contributed by atoms with Crippen molar-refractivity contribution < 1.29 is 12.8 Å². The van der Waals surface area contributed by atoms with Crippen molar-refractivity contribution in [3.8, 4) is 0 Å². The normalized spacial score (nSPS) is 13.5. The van der Waals surface area contributed by atoms with Crippen molar-refractivity contribution >= 4 is 9.84 Å². The third-order valence-corrected chi connectivity index (χ3v) is 3.62. The third kappa shape index (κ3) is 5.55. The Balaban J connectivity index is 2.65. The second kappa shape index (κ2) is 6.80. The molecule has 0 fully saturated rings. The lowest BCUT2D eigenvalue weighted by molar-refractivity contribution is 0.501. The van der Waals surface area contributed by atoms with Gasteiger partial charge in [-0.3, -0.25) is 4.98 Å². The van der Waals surface area contributed by atoms with Crippen molar-refractivity contribution in [2.75, 3.05) is 18.6 Å². The SMILES string of the molecule is CCNC(CCCS(C)(=O)=O)c1cncc(F)c1. The zero-order valence-corrected chi connectivity index (χ0v) is 11.5. The molecule has 0 saturated carbocycles. The number of sulfone groups is 1. The summed E-state index contributed by atoms with van der Waals surface area (Å²) in [5.74, 6) is -0.226. The van der Waals surface area contributed by atoms with Gasteiger partial charge in [0.1, 0.15) is 15.7 Å². The van der Waals surface area contributed by atoms with E-state index in [-0.39, 0.29) is 17.6 Å². The topological polar surface area (TPSA) is 59.1 Å². The molecule has 0 spiro atoms. The van der Waals surface area contributed by atoms with Crippen molar-refractivity contribution in [3.63, 3.8) is 0 Å². The van der Waals surface area contributed by atoms with E-state index in [0.29, 0.717) is 12.8 Å². The van der Waals surface area contributed by atoms with E-state index in [1.54, 1.807) is 6.20 Å². The predicted octanol–water partition coefficient (Wildman–Crippen LogP) is 1.70. The molecule has 0 aromatic carbocycles. The maximum atomic E-state index is 13.1. The van der Waals surface area contributed by atoms with E-state index in [1.165, 1.54) is 12.3 Å². The first kappa shape index (κ1) is 15.0. The molecule has 4 nitrogen and oxygen atoms in total. The molecule has 0 amide bonds. The monoisotopic (exact) mass is 274 g/mol. The van der Waals surface area contributed by atoms with Gasteiger partial charge in [-0.25, -0.2) is 12.8 Å². The van der Waals surface area contributed by atoms with Gasteiger partial charge in [-0.1, -0.05) is 6.92 Å². The van der Waals surface area contributed by atoms with Crippen molar-refractivity contribution in [2.45, 2.75) is 25.8 Å². The standard InChI is InChI=1S/C12H19FN2O2S/c1-3-15-12(5-4-6-18(2,16)17)10-7-11(13)9-14-8-10/h7-9,12,15H,3-6H2,1-2H3. The molecule has 1 N–H and O–H groups in total. The third-order valence-electron chi connectivity index (χ3n) is 2.59. The van der Waals surface area contributed by atoms with E-state index in [1.807, 2.05) is 6.92 Å². The number of rotatable bonds is 7. The zero-order chi connectivity index (χ0) is 13.6. The molecule has 0 saturated heterocycles. The van der Waals surface area contributed by atoms with Crippen molar-refractivity contribution in [1.82, 2.24) is 10.3 Å². The Labute approximate surface area is 108 Å². The molecule has 1 unspecified atom stereocenters. The molecule has 0 aliphatic rings. The molecular formula is C12H19FN2O2S. The van der Waals surface area contributed by atoms with E-state index in [2.05, 4.69) is 10.3 Å². The van der Waals surface area contributed by atoms with Crippen LogP contribution in [0.1, 0.15) is 31.4 Å². The lowest BCUT2D eigenvalue weighted by atomic mass is 10.0. The van der Waals surface area contributed by atoms with Gasteiger partial charge < -0.3 is 5.32 Å². The zero-order valence-electron chi connectivity index (χ0n) is 10.7. The molecule has 0 bridgehead atoms. The highest BCUT2D eigenvalue weighted by Crippen LogP contribution is 2.18. The van der Waals surface area contributed by atoms with Gasteiger partial charge in [0.2, 0.25) is 0 Å². The van der Waals surface area contributed by atoms with Crippen LogP contribution in [0, 0.1) is 5.82 Å². The summed E-state index contributed by atoms with van der Waals surface area (Å²) in [5.41, 5.74) is 0.755. The van der Waals surface area contributed by atoms with E-state index >= 15 is 0 Å². The maximum Gasteiger partial charge on any atom is 0.147 e. The molecular weight excluding hydrogens is 255 g/mol. The summed E-state index contributed by atoms with van der Waals surface area (Å²) in [6.45, 7) is 2.69. The van der Waals surface area contributed by atoms with E-state index in [9.17, 15) is 12.8 Å². The molecule has 1 heterocycles. The number of hydrogen-bond acceptors (Lipinski definition) is 4. The quantitative estimate of drug-likeness (QED) is 0.822. The van der Waals surface area contributed by atoms with Crippen LogP contribution >= 0.6 is 0 Å². The Morgan fingerprint density at radius 1 is 1.44 bits per heavy atom. The fourth-order valence-corrected chi connectivity index (χ4v) is 2.49. The van der Waals surface area contributed by atoms with Gasteiger partial charge in [0.15, 0.2) is 0 Å². The van der Waals surface area contributed by atoms with Gasteiger partial charge >= 0.3 is 0 Å². The Hall–Kier alpha value is -1.01. The summed E-state index contributed by atoms with van der Waals surface area (Å²) >= 11 is 0. The van der Waals surface area contributed by atoms with Gasteiger partial charge in [0.05, 0.1) is 6.20 Å². The van der Waals surface area contributed by atoms with Crippen LogP contribution in [0.5, 0.6) is 0 Å². The van der Waals surface area contributed by atoms with Gasteiger partial charge in [-0.05, 0) is 31.0 Å². The average molecular weight is 274 g/mol. The van der Waals surface area contributed by atoms with Crippen LogP contribution in [0.25, 0.3) is 0 Å². The van der Waals surface area contributed by atoms with Crippen LogP contribution in [0.4, 0.5) is 4.39 Å². The van der Waals surface area contributed by atoms with Crippen LogP contribution in [0.15, 0.2) is 18.5 Å². The Morgan fingerprint density at radius 2 is 2.17 bits per heavy atom. The molecule has 1 aromatic heterocycles. The van der Waals surface area contributed by atoms with Crippen molar-refractivity contribution in [1.29, 1.82) is 0 Å². The van der Waals surface area contributed by atoms with E-state index in [0.717, 1.165) is 18.3 Å². The number of hydrogen-bond donors (Lipinski definition) is 1. The minimum absolute atomic E-state index is 0.0556. The van der Waals surface area contributed by atoms with E-state index in [4.69, 9.17) is 0 Å². The minimum atomic E-state index is -2.94. The molecule has 1 rings (SSSR count). The summed E-state index contributed by atoms with van der Waals surface area (Å²) in [7, 11) is -2.94. The molecule has 0 aliphatic carbocycles. The molecule has 1 aromatic rings. The highest BCUT2D eigenvalue weighted by atomic mass is 32.2. The highest BCUT2D eigenvalue weighted by Gasteiger charge is 2.12. The maximum absolute atomic E-state index is 13.1. The Bertz CT molecular complexity index is 477. The molecule has 102 valence electrons. The first-order valence-electron chi connectivity index (χ1n) is 5.94. The predicted molar refractivity (Wildman–Crippen MR) is 69.6 cm³/mol. The number of nitrogens with zero attached hydrogens (tertiary/aromatic N) is 1. The largest absolute Gasteiger partial charge is 0.310 e. The molecule has 1 atom stereocenters. The second-order valence-electron chi connectivity index (χ2n) is 4.32.